The fraction of sp³-hybridized carbons (Fsp3) is 0.429. The van der Waals surface area contributed by atoms with Crippen LogP contribution in [0.2, 0.25) is 0 Å². The lowest BCUT2D eigenvalue weighted by atomic mass is 9.94. The number of aryl methyl sites for hydroxylation is 1. The van der Waals surface area contributed by atoms with E-state index in [9.17, 15) is 0 Å². The van der Waals surface area contributed by atoms with Crippen LogP contribution in [0.4, 0.5) is 0 Å². The van der Waals surface area contributed by atoms with Crippen LogP contribution in [0.25, 0.3) is 6.08 Å². The smallest absolute Gasteiger partial charge is 0.119 e. The first kappa shape index (κ1) is 11.8. The molecule has 0 atom stereocenters. The van der Waals surface area contributed by atoms with Crippen LogP contribution in [0.5, 0.6) is 5.75 Å². The molecule has 0 bridgehead atoms. The molecule has 0 fully saturated rings. The molecule has 1 aromatic carbocycles. The Labute approximate surface area is 92.8 Å². The van der Waals surface area contributed by atoms with Crippen LogP contribution >= 0.6 is 0 Å². The highest BCUT2D eigenvalue weighted by Crippen LogP contribution is 2.22. The maximum Gasteiger partial charge on any atom is 0.119 e. The quantitative estimate of drug-likeness (QED) is 0.705. The van der Waals surface area contributed by atoms with E-state index in [2.05, 4.69) is 52.0 Å². The summed E-state index contributed by atoms with van der Waals surface area (Å²) >= 11 is 0. The first-order chi connectivity index (χ1) is 6.92. The first-order valence-corrected chi connectivity index (χ1v) is 5.26. The molecule has 0 heterocycles. The molecule has 0 spiro atoms. The van der Waals surface area contributed by atoms with Crippen molar-refractivity contribution in [2.75, 3.05) is 7.11 Å². The van der Waals surface area contributed by atoms with E-state index in [1.54, 1.807) is 7.11 Å². The summed E-state index contributed by atoms with van der Waals surface area (Å²) in [5, 5.41) is 0. The molecule has 1 rings (SSSR count). The van der Waals surface area contributed by atoms with E-state index in [0.717, 1.165) is 5.75 Å². The van der Waals surface area contributed by atoms with Gasteiger partial charge in [0, 0.05) is 0 Å². The van der Waals surface area contributed by atoms with Crippen LogP contribution in [-0.4, -0.2) is 7.11 Å². The van der Waals surface area contributed by atoms with Crippen molar-refractivity contribution < 1.29 is 4.74 Å². The van der Waals surface area contributed by atoms with Gasteiger partial charge >= 0.3 is 0 Å². The lowest BCUT2D eigenvalue weighted by Gasteiger charge is -2.12. The Balaban J connectivity index is 2.98. The molecule has 0 aliphatic heterocycles. The molecule has 82 valence electrons. The van der Waals surface area contributed by atoms with Gasteiger partial charge in [-0.1, -0.05) is 39.0 Å². The Hall–Kier alpha value is -1.24. The molecule has 0 saturated heterocycles. The third-order valence-electron chi connectivity index (χ3n) is 2.25. The fourth-order valence-corrected chi connectivity index (χ4v) is 1.26. The van der Waals surface area contributed by atoms with Crippen molar-refractivity contribution in [2.45, 2.75) is 27.7 Å². The summed E-state index contributed by atoms with van der Waals surface area (Å²) in [5.41, 5.74) is 2.72. The lowest BCUT2D eigenvalue weighted by Crippen LogP contribution is -1.98. The number of ether oxygens (including phenoxy) is 1. The van der Waals surface area contributed by atoms with Crippen molar-refractivity contribution in [3.63, 3.8) is 0 Å². The summed E-state index contributed by atoms with van der Waals surface area (Å²) in [6, 6.07) is 6.14. The number of methoxy groups -OCH3 is 1. The Morgan fingerprint density at radius 1 is 1.20 bits per heavy atom. The third kappa shape index (κ3) is 3.78. The van der Waals surface area contributed by atoms with E-state index in [-0.39, 0.29) is 5.41 Å². The molecular formula is C14H20O. The SMILES string of the molecule is COc1ccc(C)c(/C=C/C(C)(C)C)c1. The number of benzene rings is 1. The standard InChI is InChI=1S/C14H20O/c1-11-6-7-13(15-5)10-12(11)8-9-14(2,3)4/h6-10H,1-5H3/b9-8+. The van der Waals surface area contributed by atoms with E-state index in [4.69, 9.17) is 4.74 Å². The Kier molecular flexibility index (Phi) is 3.57. The number of rotatable bonds is 2. The van der Waals surface area contributed by atoms with Crippen molar-refractivity contribution in [2.24, 2.45) is 5.41 Å². The van der Waals surface area contributed by atoms with Gasteiger partial charge in [-0.3, -0.25) is 0 Å². The summed E-state index contributed by atoms with van der Waals surface area (Å²) in [6.07, 6.45) is 4.38. The molecule has 0 amide bonds. The fourth-order valence-electron chi connectivity index (χ4n) is 1.26. The normalized spacial score (nSPS) is 12.1. The van der Waals surface area contributed by atoms with E-state index in [1.807, 2.05) is 6.07 Å². The van der Waals surface area contributed by atoms with Gasteiger partial charge in [0.1, 0.15) is 5.75 Å². The molecule has 0 radical (unpaired) electrons. The highest BCUT2D eigenvalue weighted by Gasteiger charge is 2.04. The lowest BCUT2D eigenvalue weighted by molar-refractivity contribution is 0.414. The molecule has 0 aliphatic carbocycles. The summed E-state index contributed by atoms with van der Waals surface area (Å²) < 4.78 is 5.21. The predicted octanol–water partition coefficient (Wildman–Crippen LogP) is 4.06. The van der Waals surface area contributed by atoms with Crippen molar-refractivity contribution in [3.05, 3.63) is 35.4 Å². The van der Waals surface area contributed by atoms with Gasteiger partial charge in [0.05, 0.1) is 7.11 Å². The van der Waals surface area contributed by atoms with Crippen LogP contribution in [0, 0.1) is 12.3 Å². The summed E-state index contributed by atoms with van der Waals surface area (Å²) in [6.45, 7) is 8.69. The topological polar surface area (TPSA) is 9.23 Å². The van der Waals surface area contributed by atoms with Crippen LogP contribution in [0.1, 0.15) is 31.9 Å². The van der Waals surface area contributed by atoms with E-state index in [1.165, 1.54) is 11.1 Å². The van der Waals surface area contributed by atoms with Crippen LogP contribution < -0.4 is 4.74 Å². The van der Waals surface area contributed by atoms with E-state index >= 15 is 0 Å². The van der Waals surface area contributed by atoms with Crippen molar-refractivity contribution in [3.8, 4) is 5.75 Å². The van der Waals surface area contributed by atoms with Gasteiger partial charge in [-0.25, -0.2) is 0 Å². The zero-order chi connectivity index (χ0) is 11.5. The average Bonchev–Trinajstić information content (AvgIpc) is 2.15. The summed E-state index contributed by atoms with van der Waals surface area (Å²) in [5.74, 6) is 0.911. The van der Waals surface area contributed by atoms with Crippen LogP contribution in [-0.2, 0) is 0 Å². The second-order valence-electron chi connectivity index (χ2n) is 4.92. The average molecular weight is 204 g/mol. The predicted molar refractivity (Wildman–Crippen MR) is 66.2 cm³/mol. The van der Waals surface area contributed by atoms with Gasteiger partial charge in [-0.05, 0) is 35.6 Å². The van der Waals surface area contributed by atoms with Crippen LogP contribution in [0.15, 0.2) is 24.3 Å². The number of allylic oxidation sites excluding steroid dienone is 1. The minimum absolute atomic E-state index is 0.218. The molecule has 1 nitrogen and oxygen atoms in total. The van der Waals surface area contributed by atoms with Gasteiger partial charge in [0.2, 0.25) is 0 Å². The largest absolute Gasteiger partial charge is 0.497 e. The molecule has 0 unspecified atom stereocenters. The zero-order valence-corrected chi connectivity index (χ0v) is 10.3. The molecular weight excluding hydrogens is 184 g/mol. The van der Waals surface area contributed by atoms with Gasteiger partial charge < -0.3 is 4.74 Å². The van der Waals surface area contributed by atoms with Crippen molar-refractivity contribution >= 4 is 6.08 Å². The maximum absolute atomic E-state index is 5.21. The molecule has 0 aromatic heterocycles. The summed E-state index contributed by atoms with van der Waals surface area (Å²) in [4.78, 5) is 0. The maximum atomic E-state index is 5.21. The van der Waals surface area contributed by atoms with E-state index in [0.29, 0.717) is 0 Å². The van der Waals surface area contributed by atoms with Gasteiger partial charge in [-0.2, -0.15) is 0 Å². The first-order valence-electron chi connectivity index (χ1n) is 5.26. The van der Waals surface area contributed by atoms with Gasteiger partial charge in [0.25, 0.3) is 0 Å². The Morgan fingerprint density at radius 3 is 2.40 bits per heavy atom. The molecule has 0 saturated carbocycles. The molecule has 0 N–H and O–H groups in total. The third-order valence-corrected chi connectivity index (χ3v) is 2.25. The van der Waals surface area contributed by atoms with Crippen molar-refractivity contribution in [1.29, 1.82) is 0 Å². The highest BCUT2D eigenvalue weighted by molar-refractivity contribution is 5.56. The molecule has 0 aliphatic rings. The highest BCUT2D eigenvalue weighted by atomic mass is 16.5. The minimum Gasteiger partial charge on any atom is -0.497 e. The van der Waals surface area contributed by atoms with E-state index < -0.39 is 0 Å². The monoisotopic (exact) mass is 204 g/mol. The Bertz CT molecular complexity index is 356. The second-order valence-corrected chi connectivity index (χ2v) is 4.92. The number of hydrogen-bond acceptors (Lipinski definition) is 1. The number of hydrogen-bond donors (Lipinski definition) is 0. The Morgan fingerprint density at radius 2 is 1.87 bits per heavy atom. The van der Waals surface area contributed by atoms with Gasteiger partial charge in [0.15, 0.2) is 0 Å². The molecule has 15 heavy (non-hydrogen) atoms. The van der Waals surface area contributed by atoms with Crippen LogP contribution in [0.3, 0.4) is 0 Å². The zero-order valence-electron chi connectivity index (χ0n) is 10.3. The summed E-state index contributed by atoms with van der Waals surface area (Å²) in [7, 11) is 1.70. The molecule has 1 heteroatoms. The second kappa shape index (κ2) is 4.52. The van der Waals surface area contributed by atoms with Crippen molar-refractivity contribution in [1.82, 2.24) is 0 Å². The minimum atomic E-state index is 0.218. The van der Waals surface area contributed by atoms with Gasteiger partial charge in [-0.15, -0.1) is 0 Å². The molecule has 1 aromatic rings.